The Balaban J connectivity index is 1.97. The van der Waals surface area contributed by atoms with E-state index in [9.17, 15) is 17.6 Å². The molecule has 0 aliphatic carbocycles. The molecule has 0 saturated carbocycles. The van der Waals surface area contributed by atoms with Crippen molar-refractivity contribution in [3.05, 3.63) is 89.2 Å². The molecule has 0 heterocycles. The topological polar surface area (TPSA) is 35.2 Å². The van der Waals surface area contributed by atoms with Gasteiger partial charge in [0.05, 0.1) is 5.56 Å². The first kappa shape index (κ1) is 18.9. The van der Waals surface area contributed by atoms with Crippen LogP contribution in [0, 0.1) is 5.82 Å². The summed E-state index contributed by atoms with van der Waals surface area (Å²) in [5, 5.41) is 0. The van der Waals surface area contributed by atoms with Crippen LogP contribution in [0.2, 0.25) is 0 Å². The van der Waals surface area contributed by atoms with E-state index < -0.39 is 17.6 Å². The van der Waals surface area contributed by atoms with Gasteiger partial charge in [0.25, 0.3) is 0 Å². The molecule has 140 valence electrons. The highest BCUT2D eigenvalue weighted by Gasteiger charge is 2.31. The first-order valence-corrected chi connectivity index (χ1v) is 8.25. The van der Waals surface area contributed by atoms with E-state index in [1.165, 1.54) is 0 Å². The molecule has 0 unspecified atom stereocenters. The Morgan fingerprint density at radius 1 is 0.815 bits per heavy atom. The van der Waals surface area contributed by atoms with Gasteiger partial charge in [-0.2, -0.15) is 13.2 Å². The lowest BCUT2D eigenvalue weighted by atomic mass is 10.00. The van der Waals surface area contributed by atoms with Gasteiger partial charge < -0.3 is 10.5 Å². The second-order valence-electron chi connectivity index (χ2n) is 6.00. The minimum atomic E-state index is -4.60. The van der Waals surface area contributed by atoms with Gasteiger partial charge in [0, 0.05) is 17.7 Å². The van der Waals surface area contributed by atoms with Crippen molar-refractivity contribution in [1.82, 2.24) is 0 Å². The van der Waals surface area contributed by atoms with Crippen molar-refractivity contribution < 1.29 is 22.3 Å². The van der Waals surface area contributed by atoms with Crippen LogP contribution >= 0.6 is 0 Å². The van der Waals surface area contributed by atoms with E-state index >= 15 is 0 Å². The molecule has 0 radical (unpaired) electrons. The number of ether oxygens (including phenoxy) is 1. The third kappa shape index (κ3) is 4.46. The van der Waals surface area contributed by atoms with E-state index in [4.69, 9.17) is 10.5 Å². The molecule has 2 nitrogen and oxygen atoms in total. The number of nitrogens with two attached hydrogens (primary N) is 1. The molecule has 0 saturated heterocycles. The third-order valence-corrected chi connectivity index (χ3v) is 4.11. The molecule has 0 amide bonds. The maximum atomic E-state index is 14.4. The van der Waals surface area contributed by atoms with Gasteiger partial charge in [-0.25, -0.2) is 4.39 Å². The smallest absolute Gasteiger partial charge is 0.416 e. The fourth-order valence-corrected chi connectivity index (χ4v) is 2.68. The molecule has 3 aromatic carbocycles. The summed E-state index contributed by atoms with van der Waals surface area (Å²) in [7, 11) is 0. The largest absolute Gasteiger partial charge is 0.488 e. The monoisotopic (exact) mass is 375 g/mol. The van der Waals surface area contributed by atoms with E-state index in [-0.39, 0.29) is 18.7 Å². The minimum Gasteiger partial charge on any atom is -0.488 e. The maximum Gasteiger partial charge on any atom is 0.416 e. The predicted octanol–water partition coefficient (Wildman–Crippen LogP) is 5.55. The van der Waals surface area contributed by atoms with Gasteiger partial charge >= 0.3 is 6.18 Å². The zero-order valence-corrected chi connectivity index (χ0v) is 14.3. The van der Waals surface area contributed by atoms with Crippen molar-refractivity contribution in [2.45, 2.75) is 19.3 Å². The lowest BCUT2D eigenvalue weighted by Crippen LogP contribution is -2.06. The number of hydrogen-bond donors (Lipinski definition) is 1. The summed E-state index contributed by atoms with van der Waals surface area (Å²) in [6, 6.07) is 16.8. The Morgan fingerprint density at radius 2 is 1.52 bits per heavy atom. The normalized spacial score (nSPS) is 11.4. The van der Waals surface area contributed by atoms with E-state index in [1.807, 2.05) is 30.3 Å². The summed E-state index contributed by atoms with van der Waals surface area (Å²) in [5.74, 6) is -0.602. The predicted molar refractivity (Wildman–Crippen MR) is 95.5 cm³/mol. The molecule has 0 aliphatic rings. The molecule has 0 atom stereocenters. The number of rotatable bonds is 5. The molecule has 0 aliphatic heterocycles. The molecular formula is C21H17F4NO. The highest BCUT2D eigenvalue weighted by Crippen LogP contribution is 2.36. The quantitative estimate of drug-likeness (QED) is 0.594. The summed E-state index contributed by atoms with van der Waals surface area (Å²) in [6.45, 7) is 0.502. The first-order chi connectivity index (χ1) is 12.9. The number of benzene rings is 3. The Morgan fingerprint density at radius 3 is 2.15 bits per heavy atom. The van der Waals surface area contributed by atoms with Crippen molar-refractivity contribution in [2.24, 2.45) is 5.73 Å². The zero-order valence-electron chi connectivity index (χ0n) is 14.3. The van der Waals surface area contributed by atoms with Crippen LogP contribution in [0.3, 0.4) is 0 Å². The van der Waals surface area contributed by atoms with Gasteiger partial charge in [-0.05, 0) is 29.3 Å². The van der Waals surface area contributed by atoms with Gasteiger partial charge in [0.2, 0.25) is 0 Å². The number of alkyl halides is 3. The third-order valence-electron chi connectivity index (χ3n) is 4.11. The maximum absolute atomic E-state index is 14.4. The average Bonchev–Trinajstić information content (AvgIpc) is 2.66. The Hall–Kier alpha value is -2.86. The van der Waals surface area contributed by atoms with Gasteiger partial charge in [0.15, 0.2) is 0 Å². The molecule has 27 heavy (non-hydrogen) atoms. The Bertz CT molecular complexity index is 923. The van der Waals surface area contributed by atoms with Crippen LogP contribution in [0.4, 0.5) is 17.6 Å². The number of halogens is 4. The van der Waals surface area contributed by atoms with Crippen molar-refractivity contribution in [2.75, 3.05) is 0 Å². The molecule has 0 fully saturated rings. The van der Waals surface area contributed by atoms with Crippen molar-refractivity contribution in [3.63, 3.8) is 0 Å². The molecule has 0 aromatic heterocycles. The summed E-state index contributed by atoms with van der Waals surface area (Å²) in [4.78, 5) is 0. The fourth-order valence-electron chi connectivity index (χ4n) is 2.68. The van der Waals surface area contributed by atoms with Gasteiger partial charge in [-0.15, -0.1) is 0 Å². The zero-order chi connectivity index (χ0) is 19.4. The van der Waals surface area contributed by atoms with Crippen molar-refractivity contribution in [1.29, 1.82) is 0 Å². The van der Waals surface area contributed by atoms with E-state index in [0.29, 0.717) is 17.4 Å². The van der Waals surface area contributed by atoms with Crippen LogP contribution in [0.15, 0.2) is 66.7 Å². The van der Waals surface area contributed by atoms with Gasteiger partial charge in [-0.1, -0.05) is 48.5 Å². The molecule has 3 aromatic rings. The minimum absolute atomic E-state index is 0.0367. The SMILES string of the molecule is NCc1ccc(-c2ccc(C(F)(F)F)cc2F)c(OCc2ccccc2)c1. The summed E-state index contributed by atoms with van der Waals surface area (Å²) < 4.78 is 58.6. The molecule has 6 heteroatoms. The standard InChI is InChI=1S/C21H17F4NO/c22-19-11-16(21(23,24)25)7-9-17(19)18-8-6-15(12-26)10-20(18)27-13-14-4-2-1-3-5-14/h1-11H,12-13,26H2. The Kier molecular flexibility index (Phi) is 5.46. The highest BCUT2D eigenvalue weighted by atomic mass is 19.4. The van der Waals surface area contributed by atoms with Crippen LogP contribution < -0.4 is 10.5 Å². The van der Waals surface area contributed by atoms with Crippen LogP contribution in [-0.2, 0) is 19.3 Å². The second kappa shape index (κ2) is 7.80. The van der Waals surface area contributed by atoms with Crippen molar-refractivity contribution in [3.8, 4) is 16.9 Å². The first-order valence-electron chi connectivity index (χ1n) is 8.25. The average molecular weight is 375 g/mol. The number of hydrogen-bond acceptors (Lipinski definition) is 2. The van der Waals surface area contributed by atoms with Crippen LogP contribution in [0.25, 0.3) is 11.1 Å². The summed E-state index contributed by atoms with van der Waals surface area (Å²) in [6.07, 6.45) is -4.60. The van der Waals surface area contributed by atoms with Crippen LogP contribution in [-0.4, -0.2) is 0 Å². The lowest BCUT2D eigenvalue weighted by molar-refractivity contribution is -0.137. The Labute approximate surface area is 154 Å². The van der Waals surface area contributed by atoms with E-state index in [1.54, 1.807) is 18.2 Å². The van der Waals surface area contributed by atoms with Crippen LogP contribution in [0.5, 0.6) is 5.75 Å². The van der Waals surface area contributed by atoms with Crippen molar-refractivity contribution >= 4 is 0 Å². The summed E-state index contributed by atoms with van der Waals surface area (Å²) >= 11 is 0. The summed E-state index contributed by atoms with van der Waals surface area (Å²) in [5.41, 5.74) is 6.71. The van der Waals surface area contributed by atoms with Gasteiger partial charge in [-0.3, -0.25) is 0 Å². The molecular weight excluding hydrogens is 358 g/mol. The fraction of sp³-hybridized carbons (Fsp3) is 0.143. The highest BCUT2D eigenvalue weighted by molar-refractivity contribution is 5.72. The molecule has 0 bridgehead atoms. The second-order valence-corrected chi connectivity index (χ2v) is 6.00. The van der Waals surface area contributed by atoms with E-state index in [2.05, 4.69) is 0 Å². The lowest BCUT2D eigenvalue weighted by Gasteiger charge is -2.15. The van der Waals surface area contributed by atoms with Crippen LogP contribution in [0.1, 0.15) is 16.7 Å². The molecule has 3 rings (SSSR count). The van der Waals surface area contributed by atoms with E-state index in [0.717, 1.165) is 23.3 Å². The molecule has 2 N–H and O–H groups in total. The molecule has 0 spiro atoms. The van der Waals surface area contributed by atoms with Gasteiger partial charge in [0.1, 0.15) is 18.2 Å².